The molecule has 21 heavy (non-hydrogen) atoms. The van der Waals surface area contributed by atoms with E-state index in [4.69, 9.17) is 0 Å². The fraction of sp³-hybridized carbons (Fsp3) is 0.500. The zero-order valence-corrected chi connectivity index (χ0v) is 14.8. The third-order valence-electron chi connectivity index (χ3n) is 2.81. The van der Waals surface area contributed by atoms with Crippen molar-refractivity contribution in [2.24, 2.45) is 5.92 Å². The highest BCUT2D eigenvalue weighted by Gasteiger charge is 2.25. The van der Waals surface area contributed by atoms with E-state index in [1.54, 1.807) is 24.3 Å². The molecular formula is C14H20BrNO4S. The molecule has 0 aromatic heterocycles. The number of benzene rings is 1. The van der Waals surface area contributed by atoms with Crippen molar-refractivity contribution in [1.29, 1.82) is 0 Å². The highest BCUT2D eigenvalue weighted by Crippen LogP contribution is 2.20. The van der Waals surface area contributed by atoms with E-state index in [2.05, 4.69) is 20.7 Å². The largest absolute Gasteiger partial charge is 0.469 e. The molecule has 0 amide bonds. The lowest BCUT2D eigenvalue weighted by Gasteiger charge is -2.23. The van der Waals surface area contributed by atoms with Crippen molar-refractivity contribution in [3.05, 3.63) is 28.7 Å². The first kappa shape index (κ1) is 18.1. The number of halogens is 1. The van der Waals surface area contributed by atoms with Crippen molar-refractivity contribution in [3.8, 4) is 0 Å². The van der Waals surface area contributed by atoms with Crippen LogP contribution < -0.4 is 0 Å². The maximum atomic E-state index is 12.6. The number of carbonyl (C=O) groups excluding carboxylic acids is 1. The number of esters is 1. The van der Waals surface area contributed by atoms with Gasteiger partial charge in [0.25, 0.3) is 0 Å². The first-order valence-electron chi connectivity index (χ1n) is 6.60. The van der Waals surface area contributed by atoms with Crippen LogP contribution in [0, 0.1) is 5.92 Å². The number of rotatable bonds is 7. The predicted octanol–water partition coefficient (Wildman–Crippen LogP) is 2.66. The second-order valence-corrected chi connectivity index (χ2v) is 7.89. The molecule has 0 aliphatic heterocycles. The Labute approximate surface area is 134 Å². The van der Waals surface area contributed by atoms with Gasteiger partial charge in [-0.15, -0.1) is 0 Å². The molecule has 5 nitrogen and oxygen atoms in total. The molecule has 0 spiro atoms. The molecule has 0 N–H and O–H groups in total. The molecular weight excluding hydrogens is 358 g/mol. The van der Waals surface area contributed by atoms with E-state index in [1.807, 2.05) is 13.8 Å². The Hall–Kier alpha value is -0.920. The topological polar surface area (TPSA) is 63.7 Å². The highest BCUT2D eigenvalue weighted by atomic mass is 79.9. The minimum absolute atomic E-state index is 0.0407. The van der Waals surface area contributed by atoms with Crippen LogP contribution in [0.15, 0.2) is 33.6 Å². The summed E-state index contributed by atoms with van der Waals surface area (Å²) in [5, 5.41) is 0. The van der Waals surface area contributed by atoms with Crippen molar-refractivity contribution in [1.82, 2.24) is 4.31 Å². The molecule has 1 aromatic rings. The molecule has 0 aliphatic rings. The van der Waals surface area contributed by atoms with Gasteiger partial charge in [0.05, 0.1) is 18.4 Å². The molecule has 118 valence electrons. The molecule has 0 saturated heterocycles. The zero-order valence-electron chi connectivity index (χ0n) is 12.4. The first-order valence-corrected chi connectivity index (χ1v) is 8.83. The summed E-state index contributed by atoms with van der Waals surface area (Å²) in [6, 6.07) is 6.46. The molecule has 0 unspecified atom stereocenters. The van der Waals surface area contributed by atoms with Crippen LogP contribution in [0.3, 0.4) is 0 Å². The SMILES string of the molecule is COC(=O)CCN(CC(C)C)S(=O)(=O)c1ccc(Br)cc1. The summed E-state index contributed by atoms with van der Waals surface area (Å²) < 4.78 is 32.0. The average Bonchev–Trinajstić information content (AvgIpc) is 2.43. The molecule has 0 aliphatic carbocycles. The lowest BCUT2D eigenvalue weighted by molar-refractivity contribution is -0.140. The van der Waals surface area contributed by atoms with Gasteiger partial charge in [0, 0.05) is 17.6 Å². The average molecular weight is 378 g/mol. The summed E-state index contributed by atoms with van der Waals surface area (Å²) in [5.41, 5.74) is 0. The summed E-state index contributed by atoms with van der Waals surface area (Å²) in [6.45, 7) is 4.34. The fourth-order valence-electron chi connectivity index (χ4n) is 1.79. The molecule has 0 bridgehead atoms. The van der Waals surface area contributed by atoms with Gasteiger partial charge in [0.15, 0.2) is 0 Å². The normalized spacial score (nSPS) is 11.9. The quantitative estimate of drug-likeness (QED) is 0.685. The predicted molar refractivity (Wildman–Crippen MR) is 84.4 cm³/mol. The van der Waals surface area contributed by atoms with Gasteiger partial charge in [-0.2, -0.15) is 4.31 Å². The van der Waals surface area contributed by atoms with E-state index in [0.29, 0.717) is 6.54 Å². The van der Waals surface area contributed by atoms with Crippen molar-refractivity contribution in [2.75, 3.05) is 20.2 Å². The number of sulfonamides is 1. The summed E-state index contributed by atoms with van der Waals surface area (Å²) in [7, 11) is -2.32. The number of ether oxygens (including phenoxy) is 1. The van der Waals surface area contributed by atoms with Gasteiger partial charge < -0.3 is 4.74 Å². The Kier molecular flexibility index (Phi) is 6.83. The van der Waals surface area contributed by atoms with E-state index in [9.17, 15) is 13.2 Å². The van der Waals surface area contributed by atoms with Crippen LogP contribution in [-0.2, 0) is 19.6 Å². The monoisotopic (exact) mass is 377 g/mol. The molecule has 0 fully saturated rings. The third kappa shape index (κ3) is 5.41. The molecule has 0 atom stereocenters. The summed E-state index contributed by atoms with van der Waals surface area (Å²) in [5.74, 6) is -0.261. The van der Waals surface area contributed by atoms with Gasteiger partial charge in [0.2, 0.25) is 10.0 Å². The number of hydrogen-bond donors (Lipinski definition) is 0. The van der Waals surface area contributed by atoms with E-state index in [1.165, 1.54) is 11.4 Å². The van der Waals surface area contributed by atoms with Crippen LogP contribution in [0.2, 0.25) is 0 Å². The lowest BCUT2D eigenvalue weighted by atomic mass is 10.2. The Morgan fingerprint density at radius 2 is 1.86 bits per heavy atom. The lowest BCUT2D eigenvalue weighted by Crippen LogP contribution is -2.36. The van der Waals surface area contributed by atoms with Gasteiger partial charge in [-0.1, -0.05) is 29.8 Å². The minimum Gasteiger partial charge on any atom is -0.469 e. The van der Waals surface area contributed by atoms with Crippen molar-refractivity contribution in [2.45, 2.75) is 25.2 Å². The number of nitrogens with zero attached hydrogens (tertiary/aromatic N) is 1. The van der Waals surface area contributed by atoms with Crippen LogP contribution in [-0.4, -0.2) is 38.9 Å². The maximum Gasteiger partial charge on any atom is 0.306 e. The van der Waals surface area contributed by atoms with Crippen LogP contribution in [0.4, 0.5) is 0 Å². The van der Waals surface area contributed by atoms with Gasteiger partial charge >= 0.3 is 5.97 Å². The molecule has 0 heterocycles. The standard InChI is InChI=1S/C14H20BrNO4S/c1-11(2)10-16(9-8-14(17)20-3)21(18,19)13-6-4-12(15)5-7-13/h4-7,11H,8-10H2,1-3H3. The minimum atomic E-state index is -3.61. The van der Waals surface area contributed by atoms with Gasteiger partial charge in [-0.3, -0.25) is 4.79 Å². The Morgan fingerprint density at radius 1 is 1.29 bits per heavy atom. The van der Waals surface area contributed by atoms with Crippen LogP contribution >= 0.6 is 15.9 Å². The molecule has 7 heteroatoms. The first-order chi connectivity index (χ1) is 9.77. The smallest absolute Gasteiger partial charge is 0.306 e. The van der Waals surface area contributed by atoms with E-state index in [-0.39, 0.29) is 23.8 Å². The fourth-order valence-corrected chi connectivity index (χ4v) is 3.66. The van der Waals surface area contributed by atoms with Crippen LogP contribution in [0.5, 0.6) is 0 Å². The summed E-state index contributed by atoms with van der Waals surface area (Å²) in [6.07, 6.45) is 0.0407. The van der Waals surface area contributed by atoms with Gasteiger partial charge in [-0.25, -0.2) is 8.42 Å². The number of hydrogen-bond acceptors (Lipinski definition) is 4. The third-order valence-corrected chi connectivity index (χ3v) is 5.22. The molecule has 0 radical (unpaired) electrons. The second kappa shape index (κ2) is 7.91. The molecule has 1 rings (SSSR count). The summed E-state index contributed by atoms with van der Waals surface area (Å²) in [4.78, 5) is 11.5. The second-order valence-electron chi connectivity index (χ2n) is 5.04. The number of carbonyl (C=O) groups is 1. The highest BCUT2D eigenvalue weighted by molar-refractivity contribution is 9.10. The zero-order chi connectivity index (χ0) is 16.0. The Bertz CT molecular complexity index is 569. The number of methoxy groups -OCH3 is 1. The van der Waals surface area contributed by atoms with E-state index < -0.39 is 16.0 Å². The Balaban J connectivity index is 2.99. The molecule has 1 aromatic carbocycles. The van der Waals surface area contributed by atoms with Crippen molar-refractivity contribution in [3.63, 3.8) is 0 Å². The van der Waals surface area contributed by atoms with Crippen molar-refractivity contribution < 1.29 is 17.9 Å². The van der Waals surface area contributed by atoms with Crippen molar-refractivity contribution >= 4 is 31.9 Å². The van der Waals surface area contributed by atoms with E-state index in [0.717, 1.165) is 4.47 Å². The summed E-state index contributed by atoms with van der Waals surface area (Å²) >= 11 is 3.28. The Morgan fingerprint density at radius 3 is 2.33 bits per heavy atom. The van der Waals surface area contributed by atoms with Crippen LogP contribution in [0.1, 0.15) is 20.3 Å². The van der Waals surface area contributed by atoms with Gasteiger partial charge in [-0.05, 0) is 30.2 Å². The molecule has 0 saturated carbocycles. The van der Waals surface area contributed by atoms with Crippen LogP contribution in [0.25, 0.3) is 0 Å². The maximum absolute atomic E-state index is 12.6. The van der Waals surface area contributed by atoms with Gasteiger partial charge in [0.1, 0.15) is 0 Å². The van der Waals surface area contributed by atoms with E-state index >= 15 is 0 Å².